The Morgan fingerprint density at radius 3 is 1.18 bits per heavy atom. The van der Waals surface area contributed by atoms with Gasteiger partial charge in [-0.1, -0.05) is 232 Å². The van der Waals surface area contributed by atoms with Crippen molar-refractivity contribution in [1.29, 1.82) is 0 Å². The number of hydrogen-bond acceptors (Lipinski definition) is 0. The predicted molar refractivity (Wildman–Crippen MR) is 281 cm³/mol. The lowest BCUT2D eigenvalue weighted by Crippen LogP contribution is -2.33. The summed E-state index contributed by atoms with van der Waals surface area (Å²) in [7, 11) is 0. The second-order valence-corrected chi connectivity index (χ2v) is 18.2. The average Bonchev–Trinajstić information content (AvgIpc) is 3.69. The highest BCUT2D eigenvalue weighted by atomic mass is 14.5. The Labute approximate surface area is 388 Å². The fourth-order valence-corrected chi connectivity index (χ4v) is 11.3. The van der Waals surface area contributed by atoms with Gasteiger partial charge in [0.15, 0.2) is 0 Å². The van der Waals surface area contributed by atoms with Crippen LogP contribution >= 0.6 is 0 Å². The van der Waals surface area contributed by atoms with E-state index in [-0.39, 0.29) is 11.3 Å². The second kappa shape index (κ2) is 16.2. The maximum Gasteiger partial charge on any atom is 0.0486 e. The third-order valence-corrected chi connectivity index (χ3v) is 14.3. The van der Waals surface area contributed by atoms with E-state index in [0.29, 0.717) is 0 Å². The van der Waals surface area contributed by atoms with Crippen molar-refractivity contribution in [3.05, 3.63) is 265 Å². The Kier molecular flexibility index (Phi) is 9.69. The van der Waals surface area contributed by atoms with Gasteiger partial charge in [-0.15, -0.1) is 0 Å². The van der Waals surface area contributed by atoms with Crippen LogP contribution < -0.4 is 0 Å². The Bertz CT molecular complexity index is 3470. The van der Waals surface area contributed by atoms with Gasteiger partial charge in [0.05, 0.1) is 0 Å². The highest BCUT2D eigenvalue weighted by Gasteiger charge is 2.47. The third-order valence-electron chi connectivity index (χ3n) is 14.3. The number of benzene rings is 11. The van der Waals surface area contributed by atoms with E-state index in [2.05, 4.69) is 263 Å². The highest BCUT2D eigenvalue weighted by Crippen LogP contribution is 2.58. The Balaban J connectivity index is 1.02. The molecule has 0 N–H and O–H groups in total. The van der Waals surface area contributed by atoms with Gasteiger partial charge in [0, 0.05) is 5.41 Å². The zero-order chi connectivity index (χ0) is 44.2. The minimum atomic E-state index is -0.345. The molecule has 0 heterocycles. The van der Waals surface area contributed by atoms with Crippen LogP contribution in [0.25, 0.3) is 99.4 Å². The van der Waals surface area contributed by atoms with Crippen molar-refractivity contribution in [2.45, 2.75) is 19.3 Å². The Morgan fingerprint density at radius 2 is 0.652 bits per heavy atom. The van der Waals surface area contributed by atoms with Crippen LogP contribution in [-0.2, 0) is 5.41 Å². The van der Waals surface area contributed by atoms with Crippen LogP contribution in [0.2, 0.25) is 0 Å². The molecule has 66 heavy (non-hydrogen) atoms. The van der Waals surface area contributed by atoms with Gasteiger partial charge >= 0.3 is 0 Å². The van der Waals surface area contributed by atoms with Crippen molar-refractivity contribution in [2.75, 3.05) is 0 Å². The summed E-state index contributed by atoms with van der Waals surface area (Å²) in [5, 5.41) is 5.03. The fourth-order valence-electron chi connectivity index (χ4n) is 11.3. The smallest absolute Gasteiger partial charge is 0.0486 e. The molecule has 11 aromatic rings. The number of fused-ring (bicyclic) bond motifs is 5. The van der Waals surface area contributed by atoms with Crippen LogP contribution in [0.3, 0.4) is 0 Å². The van der Waals surface area contributed by atoms with Gasteiger partial charge in [0.25, 0.3) is 0 Å². The van der Waals surface area contributed by atoms with E-state index in [0.717, 1.165) is 0 Å². The first kappa shape index (κ1) is 39.5. The van der Waals surface area contributed by atoms with Gasteiger partial charge in [-0.05, 0) is 152 Å². The molecule has 0 radical (unpaired) electrons. The van der Waals surface area contributed by atoms with E-state index in [1.807, 2.05) is 0 Å². The van der Waals surface area contributed by atoms with E-state index >= 15 is 0 Å². The normalized spacial score (nSPS) is 14.1. The molecule has 0 aromatic heterocycles. The maximum atomic E-state index is 2.54. The highest BCUT2D eigenvalue weighted by molar-refractivity contribution is 6.21. The lowest BCUT2D eigenvalue weighted by Gasteiger charge is -2.37. The van der Waals surface area contributed by atoms with Crippen molar-refractivity contribution in [2.24, 2.45) is 5.92 Å². The minimum absolute atomic E-state index is 0.283. The van der Waals surface area contributed by atoms with E-state index in [1.54, 1.807) is 0 Å². The zero-order valence-electron chi connectivity index (χ0n) is 37.2. The molecule has 312 valence electrons. The standard InChI is InChI=1S/C66H48/c1-44(2)66(55-26-18-25-50(42-55)45-19-6-3-7-20-45)62-32-17-16-27-56(62)57-38-37-51(43-63(57)66)65-60-30-14-12-28-58(60)64(59-29-13-15-31-61(59)65)49-35-33-48(34-36-49)54-40-52(46-21-8-4-9-22-46)39-53(41-54)47-23-10-5-11-24-47/h3-44H,1-2H3. The van der Waals surface area contributed by atoms with Crippen LogP contribution in [0.1, 0.15) is 30.5 Å². The summed E-state index contributed by atoms with van der Waals surface area (Å²) >= 11 is 0. The summed E-state index contributed by atoms with van der Waals surface area (Å²) in [6.07, 6.45) is 0. The maximum absolute atomic E-state index is 2.54. The topological polar surface area (TPSA) is 0 Å². The molecular formula is C66H48. The monoisotopic (exact) mass is 840 g/mol. The largest absolute Gasteiger partial charge is 0.0622 e. The fraction of sp³-hybridized carbons (Fsp3) is 0.0606. The van der Waals surface area contributed by atoms with Crippen molar-refractivity contribution in [1.82, 2.24) is 0 Å². The van der Waals surface area contributed by atoms with Crippen molar-refractivity contribution < 1.29 is 0 Å². The molecule has 1 unspecified atom stereocenters. The molecule has 0 saturated carbocycles. The molecule has 0 aliphatic heterocycles. The SMILES string of the molecule is CC(C)C1(c2cccc(-c3ccccc3)c2)c2ccccc2-c2ccc(-c3c4ccccc4c(-c4ccc(-c5cc(-c6ccccc6)cc(-c6ccccc6)c5)cc4)c4ccccc34)cc21. The van der Waals surface area contributed by atoms with Crippen LogP contribution in [0, 0.1) is 5.92 Å². The van der Waals surface area contributed by atoms with E-state index < -0.39 is 0 Å². The average molecular weight is 841 g/mol. The van der Waals surface area contributed by atoms with Gasteiger partial charge < -0.3 is 0 Å². The molecule has 11 aromatic carbocycles. The first-order valence-electron chi connectivity index (χ1n) is 23.3. The summed E-state index contributed by atoms with van der Waals surface area (Å²) in [6.45, 7) is 4.81. The van der Waals surface area contributed by atoms with Crippen LogP contribution in [0.4, 0.5) is 0 Å². The first-order valence-corrected chi connectivity index (χ1v) is 23.3. The van der Waals surface area contributed by atoms with E-state index in [9.17, 15) is 0 Å². The lowest BCUT2D eigenvalue weighted by atomic mass is 9.64. The van der Waals surface area contributed by atoms with E-state index in [1.165, 1.54) is 116 Å². The molecule has 1 aliphatic rings. The summed E-state index contributed by atoms with van der Waals surface area (Å²) in [5.74, 6) is 0.283. The molecule has 0 bridgehead atoms. The molecule has 0 saturated heterocycles. The number of rotatable bonds is 8. The summed E-state index contributed by atoms with van der Waals surface area (Å²) < 4.78 is 0. The Morgan fingerprint density at radius 1 is 0.258 bits per heavy atom. The van der Waals surface area contributed by atoms with Crippen LogP contribution in [0.15, 0.2) is 249 Å². The molecule has 12 rings (SSSR count). The van der Waals surface area contributed by atoms with Crippen molar-refractivity contribution >= 4 is 21.5 Å². The van der Waals surface area contributed by atoms with Gasteiger partial charge in [-0.25, -0.2) is 0 Å². The molecule has 1 atom stereocenters. The molecule has 0 nitrogen and oxygen atoms in total. The molecule has 0 amide bonds. The molecule has 0 fully saturated rings. The summed E-state index contributed by atoms with van der Waals surface area (Å²) in [4.78, 5) is 0. The van der Waals surface area contributed by atoms with Gasteiger partial charge in [0.1, 0.15) is 0 Å². The second-order valence-electron chi connectivity index (χ2n) is 18.2. The molecule has 0 heteroatoms. The van der Waals surface area contributed by atoms with Crippen molar-refractivity contribution in [3.63, 3.8) is 0 Å². The molecule has 0 spiro atoms. The Hall–Kier alpha value is -8.06. The summed E-state index contributed by atoms with van der Waals surface area (Å²) in [6, 6.07) is 92.3. The third kappa shape index (κ3) is 6.44. The quantitative estimate of drug-likeness (QED) is 0.134. The van der Waals surface area contributed by atoms with Crippen molar-refractivity contribution in [3.8, 4) is 77.9 Å². The zero-order valence-corrected chi connectivity index (χ0v) is 37.2. The first-order chi connectivity index (χ1) is 32.6. The van der Waals surface area contributed by atoms with Crippen LogP contribution in [-0.4, -0.2) is 0 Å². The minimum Gasteiger partial charge on any atom is -0.0622 e. The lowest BCUT2D eigenvalue weighted by molar-refractivity contribution is 0.447. The van der Waals surface area contributed by atoms with Gasteiger partial charge in [-0.2, -0.15) is 0 Å². The molecule has 1 aliphatic carbocycles. The summed E-state index contributed by atoms with van der Waals surface area (Å²) in [5.41, 5.74) is 21.1. The van der Waals surface area contributed by atoms with Gasteiger partial charge in [0.2, 0.25) is 0 Å². The van der Waals surface area contributed by atoms with Gasteiger partial charge in [-0.3, -0.25) is 0 Å². The van der Waals surface area contributed by atoms with E-state index in [4.69, 9.17) is 0 Å². The number of hydrogen-bond donors (Lipinski definition) is 0. The van der Waals surface area contributed by atoms with Crippen LogP contribution in [0.5, 0.6) is 0 Å². The predicted octanol–water partition coefficient (Wildman–Crippen LogP) is 18.0. The molecular weight excluding hydrogens is 793 g/mol.